The smallest absolute Gasteiger partial charge is 0.254 e. The SMILES string of the molecule is COc1ccc(CN(C)C(=O)c2ccccc2C)cc1OC. The maximum Gasteiger partial charge on any atom is 0.254 e. The Kier molecular flexibility index (Phi) is 5.04. The van der Waals surface area contributed by atoms with Gasteiger partial charge in [0, 0.05) is 19.2 Å². The minimum Gasteiger partial charge on any atom is -0.493 e. The van der Waals surface area contributed by atoms with Crippen molar-refractivity contribution in [2.24, 2.45) is 0 Å². The van der Waals surface area contributed by atoms with Crippen LogP contribution in [-0.2, 0) is 6.54 Å². The van der Waals surface area contributed by atoms with Gasteiger partial charge in [-0.05, 0) is 36.2 Å². The average Bonchev–Trinajstić information content (AvgIpc) is 2.54. The lowest BCUT2D eigenvalue weighted by Gasteiger charge is -2.19. The van der Waals surface area contributed by atoms with E-state index in [1.54, 1.807) is 26.2 Å². The van der Waals surface area contributed by atoms with Crippen LogP contribution in [-0.4, -0.2) is 32.1 Å². The summed E-state index contributed by atoms with van der Waals surface area (Å²) in [4.78, 5) is 14.2. The van der Waals surface area contributed by atoms with Gasteiger partial charge in [-0.1, -0.05) is 24.3 Å². The van der Waals surface area contributed by atoms with Crippen LogP contribution in [0.4, 0.5) is 0 Å². The zero-order valence-electron chi connectivity index (χ0n) is 13.4. The Labute approximate surface area is 131 Å². The molecule has 0 aromatic heterocycles. The number of hydrogen-bond donors (Lipinski definition) is 0. The minimum absolute atomic E-state index is 0.00730. The molecular weight excluding hydrogens is 278 g/mol. The van der Waals surface area contributed by atoms with Crippen molar-refractivity contribution in [3.05, 3.63) is 59.2 Å². The normalized spacial score (nSPS) is 10.2. The van der Waals surface area contributed by atoms with E-state index in [9.17, 15) is 4.79 Å². The zero-order valence-corrected chi connectivity index (χ0v) is 13.4. The molecular formula is C18H21NO3. The zero-order chi connectivity index (χ0) is 16.1. The van der Waals surface area contributed by atoms with Gasteiger partial charge < -0.3 is 14.4 Å². The van der Waals surface area contributed by atoms with E-state index in [1.165, 1.54) is 0 Å². The Bertz CT molecular complexity index is 667. The Balaban J connectivity index is 2.17. The molecule has 22 heavy (non-hydrogen) atoms. The summed E-state index contributed by atoms with van der Waals surface area (Å²) in [5.74, 6) is 1.35. The van der Waals surface area contributed by atoms with E-state index in [2.05, 4.69) is 0 Å². The first-order valence-corrected chi connectivity index (χ1v) is 7.08. The number of aryl methyl sites for hydroxylation is 1. The standard InChI is InChI=1S/C18H21NO3/c1-13-7-5-6-8-15(13)18(20)19(2)12-14-9-10-16(21-3)17(11-14)22-4/h5-11H,12H2,1-4H3. The Morgan fingerprint density at radius 2 is 1.73 bits per heavy atom. The van der Waals surface area contributed by atoms with Crippen LogP contribution in [0.3, 0.4) is 0 Å². The molecule has 0 spiro atoms. The van der Waals surface area contributed by atoms with Crippen LogP contribution >= 0.6 is 0 Å². The van der Waals surface area contributed by atoms with Crippen LogP contribution in [0.15, 0.2) is 42.5 Å². The van der Waals surface area contributed by atoms with Crippen molar-refractivity contribution in [2.45, 2.75) is 13.5 Å². The molecule has 0 aliphatic rings. The van der Waals surface area contributed by atoms with Gasteiger partial charge in [-0.25, -0.2) is 0 Å². The van der Waals surface area contributed by atoms with E-state index in [-0.39, 0.29) is 5.91 Å². The monoisotopic (exact) mass is 299 g/mol. The predicted molar refractivity (Wildman–Crippen MR) is 86.5 cm³/mol. The number of carbonyl (C=O) groups is 1. The van der Waals surface area contributed by atoms with Crippen LogP contribution < -0.4 is 9.47 Å². The van der Waals surface area contributed by atoms with Crippen LogP contribution in [0.2, 0.25) is 0 Å². The lowest BCUT2D eigenvalue weighted by atomic mass is 10.1. The van der Waals surface area contributed by atoms with Crippen molar-refractivity contribution >= 4 is 5.91 Å². The molecule has 4 heteroatoms. The Morgan fingerprint density at radius 3 is 2.36 bits per heavy atom. The molecule has 0 fully saturated rings. The van der Waals surface area contributed by atoms with Crippen LogP contribution in [0, 0.1) is 6.92 Å². The molecule has 2 aromatic carbocycles. The van der Waals surface area contributed by atoms with E-state index in [1.807, 2.05) is 49.4 Å². The van der Waals surface area contributed by atoms with Crippen molar-refractivity contribution in [1.82, 2.24) is 4.90 Å². The van der Waals surface area contributed by atoms with Crippen LogP contribution in [0.25, 0.3) is 0 Å². The van der Waals surface area contributed by atoms with Gasteiger partial charge in [0.2, 0.25) is 0 Å². The second kappa shape index (κ2) is 6.98. The van der Waals surface area contributed by atoms with Gasteiger partial charge in [0.25, 0.3) is 5.91 Å². The fraction of sp³-hybridized carbons (Fsp3) is 0.278. The van der Waals surface area contributed by atoms with E-state index in [0.717, 1.165) is 16.7 Å². The topological polar surface area (TPSA) is 38.8 Å². The molecule has 0 bridgehead atoms. The maximum atomic E-state index is 12.5. The van der Waals surface area contributed by atoms with Gasteiger partial charge in [-0.15, -0.1) is 0 Å². The molecule has 2 aromatic rings. The second-order valence-electron chi connectivity index (χ2n) is 5.17. The summed E-state index contributed by atoms with van der Waals surface area (Å²) in [7, 11) is 5.00. The highest BCUT2D eigenvalue weighted by molar-refractivity contribution is 5.95. The lowest BCUT2D eigenvalue weighted by molar-refractivity contribution is 0.0784. The average molecular weight is 299 g/mol. The van der Waals surface area contributed by atoms with Gasteiger partial charge in [0.05, 0.1) is 14.2 Å². The van der Waals surface area contributed by atoms with Crippen molar-refractivity contribution in [2.75, 3.05) is 21.3 Å². The quantitative estimate of drug-likeness (QED) is 0.850. The first kappa shape index (κ1) is 15.9. The first-order valence-electron chi connectivity index (χ1n) is 7.08. The summed E-state index contributed by atoms with van der Waals surface area (Å²) in [5, 5.41) is 0. The minimum atomic E-state index is 0.00730. The number of amides is 1. The third-order valence-corrected chi connectivity index (χ3v) is 3.59. The molecule has 0 saturated carbocycles. The van der Waals surface area contributed by atoms with Crippen molar-refractivity contribution in [3.8, 4) is 11.5 Å². The predicted octanol–water partition coefficient (Wildman–Crippen LogP) is 3.28. The van der Waals surface area contributed by atoms with E-state index >= 15 is 0 Å². The summed E-state index contributed by atoms with van der Waals surface area (Å²) in [6, 6.07) is 13.3. The van der Waals surface area contributed by atoms with Crippen LogP contribution in [0.5, 0.6) is 11.5 Å². The maximum absolute atomic E-state index is 12.5. The Hall–Kier alpha value is -2.49. The molecule has 4 nitrogen and oxygen atoms in total. The number of nitrogens with zero attached hydrogens (tertiary/aromatic N) is 1. The molecule has 0 aliphatic heterocycles. The molecule has 116 valence electrons. The van der Waals surface area contributed by atoms with E-state index < -0.39 is 0 Å². The summed E-state index contributed by atoms with van der Waals surface area (Å²) in [5.41, 5.74) is 2.69. The summed E-state index contributed by atoms with van der Waals surface area (Å²) in [6.45, 7) is 2.45. The van der Waals surface area contributed by atoms with Gasteiger partial charge >= 0.3 is 0 Å². The number of rotatable bonds is 5. The molecule has 2 rings (SSSR count). The lowest BCUT2D eigenvalue weighted by Crippen LogP contribution is -2.26. The highest BCUT2D eigenvalue weighted by Crippen LogP contribution is 2.28. The van der Waals surface area contributed by atoms with Gasteiger partial charge in [0.1, 0.15) is 0 Å². The number of hydrogen-bond acceptors (Lipinski definition) is 3. The number of methoxy groups -OCH3 is 2. The summed E-state index contributed by atoms with van der Waals surface area (Å²) >= 11 is 0. The third kappa shape index (κ3) is 3.39. The number of benzene rings is 2. The summed E-state index contributed by atoms with van der Waals surface area (Å²) in [6.07, 6.45) is 0. The molecule has 0 unspecified atom stereocenters. The molecule has 0 radical (unpaired) electrons. The van der Waals surface area contributed by atoms with Crippen LogP contribution in [0.1, 0.15) is 21.5 Å². The molecule has 0 atom stereocenters. The fourth-order valence-corrected chi connectivity index (χ4v) is 2.34. The van der Waals surface area contributed by atoms with Gasteiger partial charge in [0.15, 0.2) is 11.5 Å². The highest BCUT2D eigenvalue weighted by Gasteiger charge is 2.14. The molecule has 0 aliphatic carbocycles. The van der Waals surface area contributed by atoms with E-state index in [4.69, 9.17) is 9.47 Å². The molecule has 0 N–H and O–H groups in total. The van der Waals surface area contributed by atoms with Gasteiger partial charge in [-0.2, -0.15) is 0 Å². The van der Waals surface area contributed by atoms with Crippen molar-refractivity contribution < 1.29 is 14.3 Å². The Morgan fingerprint density at radius 1 is 1.05 bits per heavy atom. The van der Waals surface area contributed by atoms with E-state index in [0.29, 0.717) is 18.0 Å². The molecule has 1 amide bonds. The molecule has 0 saturated heterocycles. The first-order chi connectivity index (χ1) is 10.6. The molecule has 0 heterocycles. The van der Waals surface area contributed by atoms with Crippen molar-refractivity contribution in [1.29, 1.82) is 0 Å². The third-order valence-electron chi connectivity index (χ3n) is 3.59. The fourth-order valence-electron chi connectivity index (χ4n) is 2.34. The van der Waals surface area contributed by atoms with Gasteiger partial charge in [-0.3, -0.25) is 4.79 Å². The number of ether oxygens (including phenoxy) is 2. The number of carbonyl (C=O) groups excluding carboxylic acids is 1. The van der Waals surface area contributed by atoms with Crippen molar-refractivity contribution in [3.63, 3.8) is 0 Å². The highest BCUT2D eigenvalue weighted by atomic mass is 16.5. The second-order valence-corrected chi connectivity index (χ2v) is 5.17. The summed E-state index contributed by atoms with van der Waals surface area (Å²) < 4.78 is 10.5. The largest absolute Gasteiger partial charge is 0.493 e.